The Morgan fingerprint density at radius 3 is 2.30 bits per heavy atom. The highest BCUT2D eigenvalue weighted by atomic mass is 16.3. The van der Waals surface area contributed by atoms with Crippen molar-refractivity contribution >= 4 is 0 Å². The fourth-order valence-electron chi connectivity index (χ4n) is 1.81. The molecule has 2 aliphatic rings. The minimum atomic E-state index is 0.305. The number of hydrogen-bond donors (Lipinski definition) is 1. The summed E-state index contributed by atoms with van der Waals surface area (Å²) in [4.78, 5) is 2.33. The summed E-state index contributed by atoms with van der Waals surface area (Å²) in [5.74, 6) is 1.62. The molecule has 2 unspecified atom stereocenters. The van der Waals surface area contributed by atoms with Gasteiger partial charge in [-0.2, -0.15) is 0 Å². The summed E-state index contributed by atoms with van der Waals surface area (Å²) in [5, 5.41) is 8.66. The maximum Gasteiger partial charge on any atom is 0.0558 e. The molecule has 1 saturated heterocycles. The second-order valence-corrected chi connectivity index (χ2v) is 3.20. The number of nitrogens with zero attached hydrogens (tertiary/aromatic N) is 1. The standard InChI is InChI=1S/C8H13NO/c10-4-3-9-5-7-1-2-8(7)6-9/h1-2,7-8,10H,3-6H2. The third kappa shape index (κ3) is 0.879. The minimum Gasteiger partial charge on any atom is -0.395 e. The van der Waals surface area contributed by atoms with Crippen LogP contribution in [0.2, 0.25) is 0 Å². The maximum atomic E-state index is 8.66. The molecule has 2 atom stereocenters. The Labute approximate surface area is 61.1 Å². The van der Waals surface area contributed by atoms with Gasteiger partial charge in [0.05, 0.1) is 6.61 Å². The molecule has 0 aromatic heterocycles. The van der Waals surface area contributed by atoms with Crippen LogP contribution in [0.1, 0.15) is 0 Å². The van der Waals surface area contributed by atoms with Gasteiger partial charge in [-0.15, -0.1) is 0 Å². The van der Waals surface area contributed by atoms with Gasteiger partial charge in [-0.3, -0.25) is 4.90 Å². The van der Waals surface area contributed by atoms with E-state index in [1.807, 2.05) is 0 Å². The van der Waals surface area contributed by atoms with E-state index in [4.69, 9.17) is 5.11 Å². The first kappa shape index (κ1) is 6.38. The molecule has 0 radical (unpaired) electrons. The van der Waals surface area contributed by atoms with Crippen LogP contribution in [0, 0.1) is 11.8 Å². The molecule has 2 heteroatoms. The van der Waals surface area contributed by atoms with Crippen LogP contribution in [0.25, 0.3) is 0 Å². The Morgan fingerprint density at radius 2 is 1.90 bits per heavy atom. The second-order valence-electron chi connectivity index (χ2n) is 3.20. The van der Waals surface area contributed by atoms with Gasteiger partial charge in [-0.1, -0.05) is 12.2 Å². The summed E-state index contributed by atoms with van der Waals surface area (Å²) in [7, 11) is 0. The number of fused-ring (bicyclic) bond motifs is 1. The van der Waals surface area contributed by atoms with Crippen LogP contribution in [0.3, 0.4) is 0 Å². The average molecular weight is 139 g/mol. The van der Waals surface area contributed by atoms with Crippen LogP contribution in [-0.2, 0) is 0 Å². The number of rotatable bonds is 2. The lowest BCUT2D eigenvalue weighted by atomic mass is 9.86. The van der Waals surface area contributed by atoms with Crippen molar-refractivity contribution in [3.05, 3.63) is 12.2 Å². The van der Waals surface area contributed by atoms with Crippen molar-refractivity contribution in [3.63, 3.8) is 0 Å². The summed E-state index contributed by atoms with van der Waals surface area (Å²) in [6.45, 7) is 3.50. The molecule has 1 heterocycles. The van der Waals surface area contributed by atoms with E-state index in [1.54, 1.807) is 0 Å². The predicted molar refractivity (Wildman–Crippen MR) is 39.6 cm³/mol. The van der Waals surface area contributed by atoms with Crippen LogP contribution in [0.4, 0.5) is 0 Å². The second kappa shape index (κ2) is 2.36. The van der Waals surface area contributed by atoms with Gasteiger partial charge in [-0.05, 0) is 11.8 Å². The fraction of sp³-hybridized carbons (Fsp3) is 0.750. The molecule has 0 saturated carbocycles. The molecule has 1 aliphatic carbocycles. The highest BCUT2D eigenvalue weighted by Crippen LogP contribution is 2.32. The smallest absolute Gasteiger partial charge is 0.0558 e. The minimum absolute atomic E-state index is 0.305. The zero-order valence-corrected chi connectivity index (χ0v) is 6.03. The molecule has 0 spiro atoms. The molecule has 0 amide bonds. The molecule has 2 nitrogen and oxygen atoms in total. The van der Waals surface area contributed by atoms with Gasteiger partial charge < -0.3 is 5.11 Å². The molecular weight excluding hydrogens is 126 g/mol. The molecule has 1 aliphatic heterocycles. The largest absolute Gasteiger partial charge is 0.395 e. The van der Waals surface area contributed by atoms with E-state index in [-0.39, 0.29) is 0 Å². The van der Waals surface area contributed by atoms with Crippen molar-refractivity contribution in [2.75, 3.05) is 26.2 Å². The maximum absolute atomic E-state index is 8.66. The van der Waals surface area contributed by atoms with Gasteiger partial charge in [0.25, 0.3) is 0 Å². The van der Waals surface area contributed by atoms with Crippen LogP contribution < -0.4 is 0 Å². The lowest BCUT2D eigenvalue weighted by Gasteiger charge is -2.18. The van der Waals surface area contributed by atoms with E-state index >= 15 is 0 Å². The van der Waals surface area contributed by atoms with Crippen molar-refractivity contribution in [1.82, 2.24) is 4.90 Å². The predicted octanol–water partition coefficient (Wildman–Crippen LogP) is 0.0965. The number of aliphatic hydroxyl groups excluding tert-OH is 1. The van der Waals surface area contributed by atoms with Gasteiger partial charge in [-0.25, -0.2) is 0 Å². The van der Waals surface area contributed by atoms with Gasteiger partial charge in [0, 0.05) is 19.6 Å². The van der Waals surface area contributed by atoms with Crippen molar-refractivity contribution in [2.24, 2.45) is 11.8 Å². The van der Waals surface area contributed by atoms with Crippen LogP contribution in [0.15, 0.2) is 12.2 Å². The normalized spacial score (nSPS) is 37.7. The monoisotopic (exact) mass is 139 g/mol. The Hall–Kier alpha value is -0.340. The summed E-state index contributed by atoms with van der Waals surface area (Å²) >= 11 is 0. The molecule has 1 N–H and O–H groups in total. The Balaban J connectivity index is 1.85. The number of likely N-dealkylation sites (tertiary alicyclic amines) is 1. The molecule has 0 aromatic carbocycles. The van der Waals surface area contributed by atoms with Gasteiger partial charge in [0.1, 0.15) is 0 Å². The zero-order chi connectivity index (χ0) is 6.97. The van der Waals surface area contributed by atoms with Crippen molar-refractivity contribution in [2.45, 2.75) is 0 Å². The Bertz CT molecular complexity index is 141. The van der Waals surface area contributed by atoms with Crippen LogP contribution in [-0.4, -0.2) is 36.2 Å². The summed E-state index contributed by atoms with van der Waals surface area (Å²) in [6.07, 6.45) is 4.56. The van der Waals surface area contributed by atoms with Gasteiger partial charge in [0.2, 0.25) is 0 Å². The quantitative estimate of drug-likeness (QED) is 0.548. The van der Waals surface area contributed by atoms with E-state index in [2.05, 4.69) is 17.1 Å². The molecule has 2 rings (SSSR count). The first-order valence-corrected chi connectivity index (χ1v) is 3.91. The lowest BCUT2D eigenvalue weighted by Crippen LogP contribution is -2.23. The Morgan fingerprint density at radius 1 is 1.30 bits per heavy atom. The number of β-amino-alcohol motifs (C(OH)–C–C–N with tert-alkyl or cyclic N) is 1. The average Bonchev–Trinajstić information content (AvgIpc) is 2.14. The van der Waals surface area contributed by atoms with Gasteiger partial charge in [0.15, 0.2) is 0 Å². The van der Waals surface area contributed by atoms with Crippen molar-refractivity contribution in [3.8, 4) is 0 Å². The Kier molecular flexibility index (Phi) is 1.51. The molecular formula is C8H13NO. The molecule has 10 heavy (non-hydrogen) atoms. The summed E-state index contributed by atoms with van der Waals surface area (Å²) in [5.41, 5.74) is 0. The third-order valence-electron chi connectivity index (χ3n) is 2.51. The van der Waals surface area contributed by atoms with E-state index in [0.717, 1.165) is 18.4 Å². The lowest BCUT2D eigenvalue weighted by molar-refractivity contribution is 0.218. The van der Waals surface area contributed by atoms with E-state index in [1.165, 1.54) is 13.1 Å². The van der Waals surface area contributed by atoms with E-state index in [9.17, 15) is 0 Å². The first-order valence-electron chi connectivity index (χ1n) is 3.91. The fourth-order valence-corrected chi connectivity index (χ4v) is 1.81. The highest BCUT2D eigenvalue weighted by molar-refractivity contribution is 5.14. The van der Waals surface area contributed by atoms with Crippen LogP contribution >= 0.6 is 0 Å². The van der Waals surface area contributed by atoms with Crippen LogP contribution in [0.5, 0.6) is 0 Å². The summed E-state index contributed by atoms with van der Waals surface area (Å²) in [6, 6.07) is 0. The first-order chi connectivity index (χ1) is 4.90. The third-order valence-corrected chi connectivity index (χ3v) is 2.51. The van der Waals surface area contributed by atoms with Gasteiger partial charge >= 0.3 is 0 Å². The van der Waals surface area contributed by atoms with E-state index in [0.29, 0.717) is 6.61 Å². The van der Waals surface area contributed by atoms with Crippen molar-refractivity contribution in [1.29, 1.82) is 0 Å². The highest BCUT2D eigenvalue weighted by Gasteiger charge is 2.33. The molecule has 0 aromatic rings. The number of aliphatic hydroxyl groups is 1. The molecule has 0 bridgehead atoms. The zero-order valence-electron chi connectivity index (χ0n) is 6.03. The molecule has 1 fully saturated rings. The van der Waals surface area contributed by atoms with E-state index < -0.39 is 0 Å². The molecule has 56 valence electrons. The summed E-state index contributed by atoms with van der Waals surface area (Å²) < 4.78 is 0. The SMILES string of the molecule is OCCN1CC2C=CC2C1. The number of hydrogen-bond acceptors (Lipinski definition) is 2. The topological polar surface area (TPSA) is 23.5 Å². The van der Waals surface area contributed by atoms with Crippen molar-refractivity contribution < 1.29 is 5.11 Å².